The molecule has 0 aliphatic carbocycles. The number of hydrogen-bond donors (Lipinski definition) is 0. The van der Waals surface area contributed by atoms with Crippen molar-refractivity contribution in [2.24, 2.45) is 4.99 Å². The van der Waals surface area contributed by atoms with Crippen LogP contribution in [0, 0.1) is 0 Å². The number of nitrogens with zero attached hydrogens (tertiary/aromatic N) is 2. The van der Waals surface area contributed by atoms with Gasteiger partial charge in [-0.3, -0.25) is 9.36 Å². The van der Waals surface area contributed by atoms with Crippen LogP contribution < -0.4 is 19.6 Å². The molecule has 4 aromatic rings. The van der Waals surface area contributed by atoms with Crippen LogP contribution in [0.2, 0.25) is 10.0 Å². The summed E-state index contributed by atoms with van der Waals surface area (Å²) in [6.45, 7) is 5.64. The monoisotopic (exact) mass is 592 g/mol. The Bertz CT molecular complexity index is 1790. The number of halogens is 2. The molecule has 6 nitrogen and oxygen atoms in total. The smallest absolute Gasteiger partial charge is 0.338 e. The first-order chi connectivity index (χ1) is 19.2. The van der Waals surface area contributed by atoms with Gasteiger partial charge in [-0.15, -0.1) is 0 Å². The largest absolute Gasteiger partial charge is 0.488 e. The molecule has 5 rings (SSSR count). The normalized spacial score (nSPS) is 15.2. The zero-order chi connectivity index (χ0) is 28.4. The van der Waals surface area contributed by atoms with E-state index in [1.807, 2.05) is 60.7 Å². The van der Waals surface area contributed by atoms with Gasteiger partial charge in [0, 0.05) is 5.56 Å². The number of rotatable bonds is 7. The van der Waals surface area contributed by atoms with E-state index in [0.29, 0.717) is 36.4 Å². The molecule has 0 radical (unpaired) electrons. The maximum absolute atomic E-state index is 13.9. The molecule has 0 N–H and O–H groups in total. The Labute approximate surface area is 245 Å². The number of allylic oxidation sites excluding steroid dienone is 1. The van der Waals surface area contributed by atoms with Crippen molar-refractivity contribution in [3.05, 3.63) is 130 Å². The number of carbonyl (C=O) groups is 1. The quantitative estimate of drug-likeness (QED) is 0.244. The maximum atomic E-state index is 13.9. The van der Waals surface area contributed by atoms with Crippen LogP contribution in [-0.2, 0) is 16.1 Å². The highest BCUT2D eigenvalue weighted by molar-refractivity contribution is 7.07. The summed E-state index contributed by atoms with van der Waals surface area (Å²) in [6.07, 6.45) is 1.48. The summed E-state index contributed by atoms with van der Waals surface area (Å²) in [4.78, 5) is 32.3. The van der Waals surface area contributed by atoms with Crippen molar-refractivity contribution >= 4 is 46.6 Å². The minimum absolute atomic E-state index is 0.251. The van der Waals surface area contributed by atoms with Crippen molar-refractivity contribution < 1.29 is 14.3 Å². The van der Waals surface area contributed by atoms with Crippen LogP contribution >= 0.6 is 34.5 Å². The number of fused-ring (bicyclic) bond motifs is 1. The molecular formula is C31H26Cl2N2O4S. The topological polar surface area (TPSA) is 69.9 Å². The number of hydrogen-bond acceptors (Lipinski definition) is 6. The first kappa shape index (κ1) is 27.9. The fourth-order valence-electron chi connectivity index (χ4n) is 4.47. The second-order valence-electron chi connectivity index (χ2n) is 9.52. The predicted octanol–water partition coefficient (Wildman–Crippen LogP) is 6.07. The Morgan fingerprint density at radius 2 is 1.77 bits per heavy atom. The lowest BCUT2D eigenvalue weighted by Gasteiger charge is -2.25. The van der Waals surface area contributed by atoms with Crippen LogP contribution in [0.4, 0.5) is 0 Å². The van der Waals surface area contributed by atoms with Crippen LogP contribution in [0.1, 0.15) is 43.5 Å². The van der Waals surface area contributed by atoms with Crippen molar-refractivity contribution in [3.63, 3.8) is 0 Å². The zero-order valence-electron chi connectivity index (χ0n) is 22.1. The molecule has 1 aliphatic rings. The molecule has 1 aromatic heterocycles. The van der Waals surface area contributed by atoms with Gasteiger partial charge in [0.25, 0.3) is 5.56 Å². The third-order valence-corrected chi connectivity index (χ3v) is 8.01. The summed E-state index contributed by atoms with van der Waals surface area (Å²) >= 11 is 13.5. The van der Waals surface area contributed by atoms with E-state index in [1.54, 1.807) is 43.5 Å². The summed E-state index contributed by atoms with van der Waals surface area (Å²) in [5.74, 6) is 0.122. The van der Waals surface area contributed by atoms with Crippen molar-refractivity contribution in [2.45, 2.75) is 39.5 Å². The standard InChI is InChI=1S/C31H26Cl2N2O4S/c1-18(2)39-30(37)27-19(3)34-31-35(28(27)21-9-5-4-6-10-21)29(36)26(40-31)16-22-11-7-8-12-25(22)38-17-20-13-14-23(32)24(33)15-20/h4-16,18,28H,17H2,1-3H3. The van der Waals surface area contributed by atoms with Crippen molar-refractivity contribution in [2.75, 3.05) is 0 Å². The molecule has 40 heavy (non-hydrogen) atoms. The van der Waals surface area contributed by atoms with E-state index in [0.717, 1.165) is 16.7 Å². The third-order valence-electron chi connectivity index (χ3n) is 6.28. The fraction of sp³-hybridized carbons (Fsp3) is 0.194. The summed E-state index contributed by atoms with van der Waals surface area (Å²) < 4.78 is 13.7. The number of carbonyl (C=O) groups excluding carboxylic acids is 1. The van der Waals surface area contributed by atoms with E-state index in [1.165, 1.54) is 11.3 Å². The average Bonchev–Trinajstić information content (AvgIpc) is 3.23. The Morgan fingerprint density at radius 1 is 1.05 bits per heavy atom. The molecule has 204 valence electrons. The van der Waals surface area contributed by atoms with Gasteiger partial charge in [0.15, 0.2) is 4.80 Å². The molecule has 0 saturated heterocycles. The van der Waals surface area contributed by atoms with Crippen molar-refractivity contribution in [3.8, 4) is 5.75 Å². The molecule has 0 saturated carbocycles. The van der Waals surface area contributed by atoms with E-state index in [-0.39, 0.29) is 18.3 Å². The molecule has 1 aliphatic heterocycles. The van der Waals surface area contributed by atoms with Gasteiger partial charge in [0.1, 0.15) is 12.4 Å². The van der Waals surface area contributed by atoms with E-state index in [9.17, 15) is 9.59 Å². The minimum Gasteiger partial charge on any atom is -0.488 e. The summed E-state index contributed by atoms with van der Waals surface area (Å²) in [5.41, 5.74) is 3.02. The Morgan fingerprint density at radius 3 is 2.50 bits per heavy atom. The third kappa shape index (κ3) is 5.77. The van der Waals surface area contributed by atoms with Crippen LogP contribution in [-0.4, -0.2) is 16.6 Å². The number of aromatic nitrogens is 1. The minimum atomic E-state index is -0.660. The summed E-state index contributed by atoms with van der Waals surface area (Å²) in [5, 5.41) is 0.933. The first-order valence-corrected chi connectivity index (χ1v) is 14.2. The van der Waals surface area contributed by atoms with E-state index in [2.05, 4.69) is 4.99 Å². The van der Waals surface area contributed by atoms with Gasteiger partial charge >= 0.3 is 5.97 Å². The second kappa shape index (κ2) is 11.8. The van der Waals surface area contributed by atoms with Gasteiger partial charge in [0.05, 0.1) is 38.0 Å². The van der Waals surface area contributed by atoms with E-state index >= 15 is 0 Å². The van der Waals surface area contributed by atoms with Crippen LogP contribution in [0.3, 0.4) is 0 Å². The Hall–Kier alpha value is -3.65. The van der Waals surface area contributed by atoms with Crippen LogP contribution in [0.5, 0.6) is 5.75 Å². The van der Waals surface area contributed by atoms with Crippen LogP contribution in [0.15, 0.2) is 93.9 Å². The highest BCUT2D eigenvalue weighted by Crippen LogP contribution is 2.31. The second-order valence-corrected chi connectivity index (χ2v) is 11.3. The molecule has 9 heteroatoms. The highest BCUT2D eigenvalue weighted by Gasteiger charge is 2.33. The van der Waals surface area contributed by atoms with Gasteiger partial charge in [-0.2, -0.15) is 0 Å². The zero-order valence-corrected chi connectivity index (χ0v) is 24.4. The summed E-state index contributed by atoms with van der Waals surface area (Å²) in [7, 11) is 0. The van der Waals surface area contributed by atoms with Crippen molar-refractivity contribution in [1.29, 1.82) is 0 Å². The van der Waals surface area contributed by atoms with Crippen molar-refractivity contribution in [1.82, 2.24) is 4.57 Å². The van der Waals surface area contributed by atoms with Gasteiger partial charge in [-0.25, -0.2) is 9.79 Å². The molecule has 0 fully saturated rings. The van der Waals surface area contributed by atoms with E-state index < -0.39 is 12.0 Å². The van der Waals surface area contributed by atoms with E-state index in [4.69, 9.17) is 32.7 Å². The molecule has 3 aromatic carbocycles. The lowest BCUT2D eigenvalue weighted by Crippen LogP contribution is -2.40. The highest BCUT2D eigenvalue weighted by atomic mass is 35.5. The van der Waals surface area contributed by atoms with Gasteiger partial charge in [-0.1, -0.05) is 89.1 Å². The summed E-state index contributed by atoms with van der Waals surface area (Å²) in [6, 6.07) is 21.6. The molecule has 1 unspecified atom stereocenters. The fourth-order valence-corrected chi connectivity index (χ4v) is 5.83. The number of para-hydroxylation sites is 1. The van der Waals surface area contributed by atoms with Gasteiger partial charge in [0.2, 0.25) is 0 Å². The predicted molar refractivity (Wildman–Crippen MR) is 159 cm³/mol. The maximum Gasteiger partial charge on any atom is 0.338 e. The lowest BCUT2D eigenvalue weighted by molar-refractivity contribution is -0.143. The molecule has 2 heterocycles. The Kier molecular flexibility index (Phi) is 8.26. The number of thiazole rings is 1. The number of ether oxygens (including phenoxy) is 2. The molecule has 0 spiro atoms. The van der Waals surface area contributed by atoms with Gasteiger partial charge < -0.3 is 9.47 Å². The van der Waals surface area contributed by atoms with Gasteiger partial charge in [-0.05, 0) is 56.2 Å². The molecular weight excluding hydrogens is 567 g/mol. The molecule has 0 bridgehead atoms. The SMILES string of the molecule is CC1=C(C(=O)OC(C)C)C(c2ccccc2)n2c(sc(=Cc3ccccc3OCc3ccc(Cl)c(Cl)c3)c2=O)=N1. The lowest BCUT2D eigenvalue weighted by atomic mass is 9.96. The number of esters is 1. The van der Waals surface area contributed by atoms with Crippen LogP contribution in [0.25, 0.3) is 6.08 Å². The Balaban J connectivity index is 1.57. The molecule has 1 atom stereocenters. The molecule has 0 amide bonds. The first-order valence-electron chi connectivity index (χ1n) is 12.7. The average molecular weight is 594 g/mol. The number of benzene rings is 3.